The van der Waals surface area contributed by atoms with Gasteiger partial charge in [-0.2, -0.15) is 4.31 Å². The number of hydrogen-bond acceptors (Lipinski definition) is 5. The summed E-state index contributed by atoms with van der Waals surface area (Å²) in [5, 5.41) is 10.6. The lowest BCUT2D eigenvalue weighted by molar-refractivity contribution is 0.285. The van der Waals surface area contributed by atoms with E-state index in [0.717, 1.165) is 5.56 Å². The number of benzene rings is 1. The van der Waals surface area contributed by atoms with E-state index in [1.54, 1.807) is 18.6 Å². The van der Waals surface area contributed by atoms with Crippen molar-refractivity contribution in [1.29, 1.82) is 0 Å². The number of hydrogen-bond donors (Lipinski definition) is 1. The highest BCUT2D eigenvalue weighted by Gasteiger charge is 2.22. The molecule has 114 valence electrons. The SMILES string of the molecule is COc1cccc(CN(C)S(=O)(=O)c2csc(CO)c2)c1. The molecule has 0 saturated carbocycles. The molecule has 0 aliphatic carbocycles. The van der Waals surface area contributed by atoms with Crippen molar-refractivity contribution in [3.05, 3.63) is 46.2 Å². The molecule has 0 amide bonds. The minimum Gasteiger partial charge on any atom is -0.497 e. The summed E-state index contributed by atoms with van der Waals surface area (Å²) < 4.78 is 31.3. The zero-order chi connectivity index (χ0) is 15.5. The molecule has 1 aromatic heterocycles. The number of aliphatic hydroxyl groups is 1. The van der Waals surface area contributed by atoms with Crippen molar-refractivity contribution in [3.63, 3.8) is 0 Å². The van der Waals surface area contributed by atoms with Gasteiger partial charge in [-0.1, -0.05) is 12.1 Å². The number of nitrogens with zero attached hydrogens (tertiary/aromatic N) is 1. The first-order chi connectivity index (χ1) is 9.97. The van der Waals surface area contributed by atoms with E-state index in [9.17, 15) is 8.42 Å². The molecule has 5 nitrogen and oxygen atoms in total. The van der Waals surface area contributed by atoms with Crippen LogP contribution in [0.25, 0.3) is 0 Å². The van der Waals surface area contributed by atoms with Crippen LogP contribution >= 0.6 is 11.3 Å². The first-order valence-electron chi connectivity index (χ1n) is 6.25. The number of rotatable bonds is 6. The van der Waals surface area contributed by atoms with E-state index in [0.29, 0.717) is 10.6 Å². The average molecular weight is 327 g/mol. The maximum atomic E-state index is 12.4. The zero-order valence-electron chi connectivity index (χ0n) is 11.8. The molecule has 2 aromatic rings. The molecule has 0 aliphatic heterocycles. The lowest BCUT2D eigenvalue weighted by Crippen LogP contribution is -2.26. The Balaban J connectivity index is 2.19. The highest BCUT2D eigenvalue weighted by atomic mass is 32.2. The number of ether oxygens (including phenoxy) is 1. The van der Waals surface area contributed by atoms with Gasteiger partial charge in [0.25, 0.3) is 0 Å². The Morgan fingerprint density at radius 1 is 1.33 bits per heavy atom. The van der Waals surface area contributed by atoms with Gasteiger partial charge in [0, 0.05) is 23.8 Å². The molecule has 0 radical (unpaired) electrons. The van der Waals surface area contributed by atoms with Crippen LogP contribution in [0.2, 0.25) is 0 Å². The van der Waals surface area contributed by atoms with Crippen molar-refractivity contribution < 1.29 is 18.3 Å². The fourth-order valence-corrected chi connectivity index (χ4v) is 4.15. The van der Waals surface area contributed by atoms with E-state index < -0.39 is 10.0 Å². The summed E-state index contributed by atoms with van der Waals surface area (Å²) in [5.74, 6) is 0.691. The van der Waals surface area contributed by atoms with Gasteiger partial charge in [-0.25, -0.2) is 8.42 Å². The third-order valence-corrected chi connectivity index (χ3v) is 5.88. The summed E-state index contributed by atoms with van der Waals surface area (Å²) in [6.45, 7) is 0.101. The van der Waals surface area contributed by atoms with Gasteiger partial charge >= 0.3 is 0 Å². The smallest absolute Gasteiger partial charge is 0.243 e. The second-order valence-corrected chi connectivity index (χ2v) is 7.56. The Kier molecular flexibility index (Phi) is 5.00. The molecule has 0 fully saturated rings. The van der Waals surface area contributed by atoms with Crippen LogP contribution in [0.15, 0.2) is 40.6 Å². The monoisotopic (exact) mass is 327 g/mol. The van der Waals surface area contributed by atoms with Crippen LogP contribution in [-0.4, -0.2) is 32.0 Å². The summed E-state index contributed by atoms with van der Waals surface area (Å²) in [4.78, 5) is 0.838. The van der Waals surface area contributed by atoms with E-state index in [4.69, 9.17) is 9.84 Å². The zero-order valence-corrected chi connectivity index (χ0v) is 13.4. The van der Waals surface area contributed by atoms with Gasteiger partial charge in [0.05, 0.1) is 18.6 Å². The molecule has 1 N–H and O–H groups in total. The molecule has 1 heterocycles. The maximum absolute atomic E-state index is 12.4. The lowest BCUT2D eigenvalue weighted by Gasteiger charge is -2.16. The fourth-order valence-electron chi connectivity index (χ4n) is 1.87. The topological polar surface area (TPSA) is 66.8 Å². The van der Waals surface area contributed by atoms with Gasteiger partial charge in [0.15, 0.2) is 0 Å². The molecule has 7 heteroatoms. The fraction of sp³-hybridized carbons (Fsp3) is 0.286. The Bertz CT molecular complexity index is 709. The number of methoxy groups -OCH3 is 1. The second-order valence-electron chi connectivity index (χ2n) is 4.52. The third kappa shape index (κ3) is 3.62. The van der Waals surface area contributed by atoms with Crippen LogP contribution in [0, 0.1) is 0 Å². The van der Waals surface area contributed by atoms with Gasteiger partial charge in [-0.15, -0.1) is 11.3 Å². The Morgan fingerprint density at radius 2 is 2.10 bits per heavy atom. The van der Waals surface area contributed by atoms with Crippen molar-refractivity contribution in [3.8, 4) is 5.75 Å². The molecule has 2 rings (SSSR count). The summed E-state index contributed by atoms with van der Waals surface area (Å²) in [7, 11) is -0.451. The van der Waals surface area contributed by atoms with Crippen LogP contribution < -0.4 is 4.74 Å². The summed E-state index contributed by atoms with van der Waals surface area (Å²) in [5.41, 5.74) is 0.845. The third-order valence-electron chi connectivity index (χ3n) is 3.03. The maximum Gasteiger partial charge on any atom is 0.243 e. The Hall–Kier alpha value is -1.41. The van der Waals surface area contributed by atoms with Gasteiger partial charge in [0.2, 0.25) is 10.0 Å². The Labute approximate surface area is 128 Å². The van der Waals surface area contributed by atoms with Crippen molar-refractivity contribution in [2.45, 2.75) is 18.0 Å². The average Bonchev–Trinajstić information content (AvgIpc) is 2.97. The molecule has 0 spiro atoms. The minimum absolute atomic E-state index is 0.153. The van der Waals surface area contributed by atoms with E-state index in [2.05, 4.69) is 0 Å². The van der Waals surface area contributed by atoms with E-state index in [-0.39, 0.29) is 18.0 Å². The second kappa shape index (κ2) is 6.57. The van der Waals surface area contributed by atoms with Crippen LogP contribution in [0.5, 0.6) is 5.75 Å². The first-order valence-corrected chi connectivity index (χ1v) is 8.57. The predicted octanol–water partition coefficient (Wildman–Crippen LogP) is 2.07. The summed E-state index contributed by atoms with van der Waals surface area (Å²) >= 11 is 1.23. The van der Waals surface area contributed by atoms with E-state index >= 15 is 0 Å². The molecule has 0 unspecified atom stereocenters. The van der Waals surface area contributed by atoms with Gasteiger partial charge < -0.3 is 9.84 Å². The number of thiophene rings is 1. The van der Waals surface area contributed by atoms with E-state index in [1.165, 1.54) is 28.8 Å². The summed E-state index contributed by atoms with van der Waals surface area (Å²) in [6, 6.07) is 8.79. The van der Waals surface area contributed by atoms with Crippen molar-refractivity contribution >= 4 is 21.4 Å². The van der Waals surface area contributed by atoms with Crippen molar-refractivity contribution in [1.82, 2.24) is 4.31 Å². The van der Waals surface area contributed by atoms with Gasteiger partial charge in [-0.05, 0) is 23.8 Å². The molecule has 0 aliphatic rings. The molecular weight excluding hydrogens is 310 g/mol. The minimum atomic E-state index is -3.55. The van der Waals surface area contributed by atoms with Crippen LogP contribution in [0.3, 0.4) is 0 Å². The normalized spacial score (nSPS) is 11.8. The number of sulfonamides is 1. The van der Waals surface area contributed by atoms with Crippen LogP contribution in [-0.2, 0) is 23.2 Å². The standard InChI is InChI=1S/C14H17NO4S2/c1-15(8-11-4-3-5-12(6-11)19-2)21(17,18)14-7-13(9-16)20-10-14/h3-7,10,16H,8-9H2,1-2H3. The molecule has 1 aromatic carbocycles. The largest absolute Gasteiger partial charge is 0.497 e. The first kappa shape index (κ1) is 16.0. The molecule has 0 bridgehead atoms. The van der Waals surface area contributed by atoms with Gasteiger partial charge in [-0.3, -0.25) is 0 Å². The highest BCUT2D eigenvalue weighted by molar-refractivity contribution is 7.89. The van der Waals surface area contributed by atoms with Crippen LogP contribution in [0.1, 0.15) is 10.4 Å². The quantitative estimate of drug-likeness (QED) is 0.882. The lowest BCUT2D eigenvalue weighted by atomic mass is 10.2. The molecule has 0 atom stereocenters. The summed E-state index contributed by atoms with van der Waals surface area (Å²) in [6.07, 6.45) is 0. The van der Waals surface area contributed by atoms with Crippen LogP contribution in [0.4, 0.5) is 0 Å². The van der Waals surface area contributed by atoms with Crippen molar-refractivity contribution in [2.75, 3.05) is 14.2 Å². The molecule has 21 heavy (non-hydrogen) atoms. The highest BCUT2D eigenvalue weighted by Crippen LogP contribution is 2.23. The van der Waals surface area contributed by atoms with E-state index in [1.807, 2.05) is 18.2 Å². The molecule has 0 saturated heterocycles. The van der Waals surface area contributed by atoms with Crippen molar-refractivity contribution in [2.24, 2.45) is 0 Å². The van der Waals surface area contributed by atoms with Gasteiger partial charge in [0.1, 0.15) is 5.75 Å². The number of aliphatic hydroxyl groups excluding tert-OH is 1. The predicted molar refractivity (Wildman–Crippen MR) is 81.9 cm³/mol. The Morgan fingerprint density at radius 3 is 2.71 bits per heavy atom. The molecular formula is C14H17NO4S2.